The molecule has 0 aliphatic carbocycles. The summed E-state index contributed by atoms with van der Waals surface area (Å²) < 4.78 is 0. The quantitative estimate of drug-likeness (QED) is 0.228. The number of aliphatic hydroxyl groups is 4. The molecule has 0 aliphatic heterocycles. The van der Waals surface area contributed by atoms with Gasteiger partial charge in [-0.2, -0.15) is 0 Å². The van der Waals surface area contributed by atoms with Gasteiger partial charge >= 0.3 is 0 Å². The van der Waals surface area contributed by atoms with Crippen LogP contribution in [0.15, 0.2) is 5.11 Å². The maximum Gasteiger partial charge on any atom is 0.108 e. The Kier molecular flexibility index (Phi) is 5.35. The number of hydrogen-bond acceptors (Lipinski definition) is 5. The van der Waals surface area contributed by atoms with E-state index in [1.54, 1.807) is 0 Å². The molecule has 0 amide bonds. The number of azide groups is 1. The molecule has 0 unspecified atom stereocenters. The van der Waals surface area contributed by atoms with E-state index in [9.17, 15) is 0 Å². The van der Waals surface area contributed by atoms with Crippen LogP contribution in [0.5, 0.6) is 0 Å². The first-order chi connectivity index (χ1) is 5.63. The van der Waals surface area contributed by atoms with Crippen LogP contribution >= 0.6 is 0 Å². The van der Waals surface area contributed by atoms with Gasteiger partial charge in [-0.1, -0.05) is 5.11 Å². The van der Waals surface area contributed by atoms with Gasteiger partial charge in [-0.25, -0.2) is 0 Å². The van der Waals surface area contributed by atoms with E-state index in [-0.39, 0.29) is 6.54 Å². The highest BCUT2D eigenvalue weighted by molar-refractivity contribution is 4.76. The molecule has 7 nitrogen and oxygen atoms in total. The summed E-state index contributed by atoms with van der Waals surface area (Å²) >= 11 is 0. The monoisotopic (exact) mass is 177 g/mol. The molecule has 0 aromatic carbocycles. The predicted molar refractivity (Wildman–Crippen MR) is 39.1 cm³/mol. The Morgan fingerprint density at radius 2 is 1.83 bits per heavy atom. The molecule has 70 valence electrons. The van der Waals surface area contributed by atoms with Crippen molar-refractivity contribution in [2.45, 2.75) is 18.3 Å². The van der Waals surface area contributed by atoms with Gasteiger partial charge < -0.3 is 20.4 Å². The lowest BCUT2D eigenvalue weighted by atomic mass is 10.1. The summed E-state index contributed by atoms with van der Waals surface area (Å²) in [6.45, 7) is -0.997. The average molecular weight is 177 g/mol. The van der Waals surface area contributed by atoms with Crippen LogP contribution in [-0.4, -0.2) is 51.9 Å². The lowest BCUT2D eigenvalue weighted by Gasteiger charge is -2.19. The molecular formula is C5H11N3O4. The van der Waals surface area contributed by atoms with Crippen molar-refractivity contribution in [3.63, 3.8) is 0 Å². The first-order valence-electron chi connectivity index (χ1n) is 3.29. The third-order valence-corrected chi connectivity index (χ3v) is 1.31. The van der Waals surface area contributed by atoms with Crippen molar-refractivity contribution in [1.82, 2.24) is 0 Å². The zero-order valence-electron chi connectivity index (χ0n) is 6.28. The summed E-state index contributed by atoms with van der Waals surface area (Å²) in [4.78, 5) is 2.35. The van der Waals surface area contributed by atoms with Gasteiger partial charge in [0.1, 0.15) is 12.2 Å². The Morgan fingerprint density at radius 3 is 2.25 bits per heavy atom. The van der Waals surface area contributed by atoms with E-state index in [2.05, 4.69) is 10.0 Å². The highest BCUT2D eigenvalue weighted by atomic mass is 16.4. The molecule has 0 aliphatic rings. The van der Waals surface area contributed by atoms with Gasteiger partial charge in [0.15, 0.2) is 0 Å². The molecule has 0 saturated carbocycles. The molecule has 7 heteroatoms. The van der Waals surface area contributed by atoms with E-state index in [0.717, 1.165) is 0 Å². The van der Waals surface area contributed by atoms with Gasteiger partial charge in [-0.3, -0.25) is 0 Å². The fourth-order valence-electron chi connectivity index (χ4n) is 0.593. The van der Waals surface area contributed by atoms with Crippen LogP contribution in [0, 0.1) is 0 Å². The Morgan fingerprint density at radius 1 is 1.25 bits per heavy atom. The normalized spacial score (nSPS) is 17.7. The topological polar surface area (TPSA) is 130 Å². The Labute approximate surface area is 68.5 Å². The fraction of sp³-hybridized carbons (Fsp3) is 1.00. The first kappa shape index (κ1) is 11.2. The highest BCUT2D eigenvalue weighted by Gasteiger charge is 2.22. The number of aliphatic hydroxyl groups excluding tert-OH is 4. The number of rotatable bonds is 5. The van der Waals surface area contributed by atoms with E-state index in [1.165, 1.54) is 0 Å². The number of nitrogens with zero attached hydrogens (tertiary/aromatic N) is 3. The van der Waals surface area contributed by atoms with Crippen LogP contribution in [0.1, 0.15) is 0 Å². The van der Waals surface area contributed by atoms with Gasteiger partial charge in [0.2, 0.25) is 0 Å². The third-order valence-electron chi connectivity index (χ3n) is 1.31. The summed E-state index contributed by atoms with van der Waals surface area (Å²) in [5.74, 6) is 0. The minimum absolute atomic E-state index is 0.339. The van der Waals surface area contributed by atoms with Gasteiger partial charge in [0, 0.05) is 4.91 Å². The van der Waals surface area contributed by atoms with E-state index in [1.807, 2.05) is 0 Å². The van der Waals surface area contributed by atoms with E-state index < -0.39 is 24.9 Å². The van der Waals surface area contributed by atoms with Gasteiger partial charge in [-0.05, 0) is 5.53 Å². The van der Waals surface area contributed by atoms with Crippen molar-refractivity contribution < 1.29 is 20.4 Å². The largest absolute Gasteiger partial charge is 0.394 e. The summed E-state index contributed by atoms with van der Waals surface area (Å²) in [5.41, 5.74) is 7.85. The second-order valence-corrected chi connectivity index (χ2v) is 2.22. The van der Waals surface area contributed by atoms with Crippen molar-refractivity contribution in [2.24, 2.45) is 5.11 Å². The molecule has 0 fully saturated rings. The van der Waals surface area contributed by atoms with Crippen LogP contribution in [0.2, 0.25) is 0 Å². The first-order valence-corrected chi connectivity index (χ1v) is 3.29. The molecule has 0 radical (unpaired) electrons. The Balaban J connectivity index is 3.90. The van der Waals surface area contributed by atoms with E-state index >= 15 is 0 Å². The average Bonchev–Trinajstić information content (AvgIpc) is 2.11. The van der Waals surface area contributed by atoms with E-state index in [0.29, 0.717) is 0 Å². The summed E-state index contributed by atoms with van der Waals surface area (Å²) in [7, 11) is 0. The SMILES string of the molecule is [N-]=[N+]=NC[C@@H](O)[C@@H](O)[C@H](O)CO. The zero-order chi connectivity index (χ0) is 9.56. The smallest absolute Gasteiger partial charge is 0.108 e. The molecule has 0 saturated heterocycles. The van der Waals surface area contributed by atoms with Crippen molar-refractivity contribution in [1.29, 1.82) is 0 Å². The Bertz CT molecular complexity index is 170. The molecule has 0 rings (SSSR count). The molecule has 0 heterocycles. The minimum atomic E-state index is -1.50. The van der Waals surface area contributed by atoms with Crippen LogP contribution in [0.25, 0.3) is 10.4 Å². The maximum atomic E-state index is 8.97. The molecular weight excluding hydrogens is 166 g/mol. The predicted octanol–water partition coefficient (Wildman–Crippen LogP) is -1.63. The molecule has 3 atom stereocenters. The maximum absolute atomic E-state index is 8.97. The summed E-state index contributed by atoms with van der Waals surface area (Å²) in [6, 6.07) is 0. The van der Waals surface area contributed by atoms with E-state index in [4.69, 9.17) is 26.0 Å². The van der Waals surface area contributed by atoms with Gasteiger partial charge in [-0.15, -0.1) is 0 Å². The van der Waals surface area contributed by atoms with Gasteiger partial charge in [0.05, 0.1) is 19.3 Å². The molecule has 0 spiro atoms. The van der Waals surface area contributed by atoms with Crippen molar-refractivity contribution in [2.75, 3.05) is 13.2 Å². The van der Waals surface area contributed by atoms with Crippen LogP contribution in [-0.2, 0) is 0 Å². The number of hydrogen-bond donors (Lipinski definition) is 4. The minimum Gasteiger partial charge on any atom is -0.394 e. The van der Waals surface area contributed by atoms with Gasteiger partial charge in [0.25, 0.3) is 0 Å². The van der Waals surface area contributed by atoms with Crippen LogP contribution in [0.4, 0.5) is 0 Å². The van der Waals surface area contributed by atoms with Crippen LogP contribution < -0.4 is 0 Å². The van der Waals surface area contributed by atoms with Crippen molar-refractivity contribution in [3.8, 4) is 0 Å². The summed E-state index contributed by atoms with van der Waals surface area (Å²) in [5, 5.41) is 38.1. The lowest BCUT2D eigenvalue weighted by Crippen LogP contribution is -2.40. The third kappa shape index (κ3) is 3.51. The Hall–Kier alpha value is -0.850. The molecule has 0 bridgehead atoms. The standard InChI is InChI=1S/C5H11N3O4/c6-8-7-1-3(10)5(12)4(11)2-9/h3-5,9-12H,1-2H2/t3-,4-,5-/m1/s1. The lowest BCUT2D eigenvalue weighted by molar-refractivity contribution is -0.0726. The molecule has 12 heavy (non-hydrogen) atoms. The zero-order valence-corrected chi connectivity index (χ0v) is 6.28. The second kappa shape index (κ2) is 5.76. The fourth-order valence-corrected chi connectivity index (χ4v) is 0.593. The molecule has 4 N–H and O–H groups in total. The highest BCUT2D eigenvalue weighted by Crippen LogP contribution is 2.00. The van der Waals surface area contributed by atoms with Crippen molar-refractivity contribution >= 4 is 0 Å². The van der Waals surface area contributed by atoms with Crippen molar-refractivity contribution in [3.05, 3.63) is 10.4 Å². The molecule has 0 aromatic rings. The molecule has 0 aromatic heterocycles. The second-order valence-electron chi connectivity index (χ2n) is 2.22. The van der Waals surface area contributed by atoms with Crippen LogP contribution in [0.3, 0.4) is 0 Å². The summed E-state index contributed by atoms with van der Waals surface area (Å²) in [6.07, 6.45) is -4.28.